The van der Waals surface area contributed by atoms with Gasteiger partial charge in [-0.1, -0.05) is 35.5 Å². The molecule has 0 amide bonds. The second-order valence-electron chi connectivity index (χ2n) is 4.90. The molecule has 22 heavy (non-hydrogen) atoms. The number of nitrogens with one attached hydrogen (secondary N) is 1. The zero-order valence-electron chi connectivity index (χ0n) is 11.4. The highest BCUT2D eigenvalue weighted by atomic mass is 32.1. The van der Waals surface area contributed by atoms with Gasteiger partial charge in [0.1, 0.15) is 11.8 Å². The molecule has 4 rings (SSSR count). The first-order valence-electron chi connectivity index (χ1n) is 6.74. The maximum atomic E-state index is 9.02. The Kier molecular flexibility index (Phi) is 2.95. The van der Waals surface area contributed by atoms with Crippen LogP contribution < -0.4 is 0 Å². The Morgan fingerprint density at radius 1 is 0.955 bits per heavy atom. The van der Waals surface area contributed by atoms with Crippen molar-refractivity contribution in [2.75, 3.05) is 0 Å². The molecule has 0 unspecified atom stereocenters. The highest BCUT2D eigenvalue weighted by Crippen LogP contribution is 2.29. The number of aromatic nitrogens is 3. The molecule has 0 bridgehead atoms. The molecule has 2 heterocycles. The molecule has 1 N–H and O–H groups in total. The zero-order valence-corrected chi connectivity index (χ0v) is 12.3. The molecule has 0 radical (unpaired) electrons. The number of nitriles is 1. The average Bonchev–Trinajstić information content (AvgIpc) is 3.23. The Balaban J connectivity index is 1.74. The number of H-pyrrole nitrogens is 1. The lowest BCUT2D eigenvalue weighted by Crippen LogP contribution is -1.83. The van der Waals surface area contributed by atoms with Crippen LogP contribution in [0.1, 0.15) is 5.69 Å². The number of aromatic amines is 1. The van der Waals surface area contributed by atoms with Gasteiger partial charge in [-0.05, 0) is 40.1 Å². The Labute approximate surface area is 130 Å². The van der Waals surface area contributed by atoms with Crippen LogP contribution >= 0.6 is 11.3 Å². The lowest BCUT2D eigenvalue weighted by Gasteiger charge is -2.03. The first kappa shape index (κ1) is 12.7. The van der Waals surface area contributed by atoms with E-state index in [0.29, 0.717) is 11.4 Å². The third-order valence-corrected chi connectivity index (χ3v) is 4.50. The summed E-state index contributed by atoms with van der Waals surface area (Å²) in [5.74, 6) is 0. The van der Waals surface area contributed by atoms with E-state index < -0.39 is 0 Å². The second-order valence-corrected chi connectivity index (χ2v) is 5.85. The molecule has 4 nitrogen and oxygen atoms in total. The van der Waals surface area contributed by atoms with E-state index in [-0.39, 0.29) is 0 Å². The first-order valence-corrected chi connectivity index (χ1v) is 7.62. The molecule has 0 fully saturated rings. The standard InChI is InChI=1S/C17H10N4S/c18-10-15-17(20-21-19-15)12-3-1-11(2-4-12)13-5-6-16-14(9-13)7-8-22-16/h1-9H,(H,19,20,21). The molecule has 0 aliphatic heterocycles. The largest absolute Gasteiger partial charge is 0.247 e. The van der Waals surface area contributed by atoms with E-state index in [4.69, 9.17) is 5.26 Å². The van der Waals surface area contributed by atoms with Crippen LogP contribution in [0.3, 0.4) is 0 Å². The van der Waals surface area contributed by atoms with Gasteiger partial charge in [0.2, 0.25) is 0 Å². The van der Waals surface area contributed by atoms with Gasteiger partial charge in [-0.15, -0.1) is 16.4 Å². The Bertz CT molecular complexity index is 989. The summed E-state index contributed by atoms with van der Waals surface area (Å²) in [5, 5.41) is 22.6. The molecular formula is C17H10N4S. The van der Waals surface area contributed by atoms with Crippen LogP contribution in [-0.4, -0.2) is 15.4 Å². The number of hydrogen-bond donors (Lipinski definition) is 1. The number of rotatable bonds is 2. The number of hydrogen-bond acceptors (Lipinski definition) is 4. The number of benzene rings is 2. The van der Waals surface area contributed by atoms with E-state index in [1.54, 1.807) is 11.3 Å². The van der Waals surface area contributed by atoms with Crippen molar-refractivity contribution in [2.45, 2.75) is 0 Å². The summed E-state index contributed by atoms with van der Waals surface area (Å²) in [6.45, 7) is 0. The molecule has 0 saturated heterocycles. The van der Waals surface area contributed by atoms with E-state index >= 15 is 0 Å². The van der Waals surface area contributed by atoms with Crippen molar-refractivity contribution in [1.29, 1.82) is 5.26 Å². The van der Waals surface area contributed by atoms with Crippen molar-refractivity contribution >= 4 is 21.4 Å². The molecular weight excluding hydrogens is 292 g/mol. The molecule has 2 aromatic heterocycles. The third kappa shape index (κ3) is 2.07. The van der Waals surface area contributed by atoms with Crippen molar-refractivity contribution < 1.29 is 0 Å². The molecule has 0 aliphatic carbocycles. The molecule has 0 saturated carbocycles. The predicted molar refractivity (Wildman–Crippen MR) is 87.4 cm³/mol. The van der Waals surface area contributed by atoms with Crippen molar-refractivity contribution in [1.82, 2.24) is 15.4 Å². The van der Waals surface area contributed by atoms with Crippen LogP contribution in [-0.2, 0) is 0 Å². The highest BCUT2D eigenvalue weighted by molar-refractivity contribution is 7.17. The van der Waals surface area contributed by atoms with Crippen LogP contribution in [0.25, 0.3) is 32.5 Å². The topological polar surface area (TPSA) is 65.4 Å². The van der Waals surface area contributed by atoms with Gasteiger partial charge in [0.25, 0.3) is 0 Å². The van der Waals surface area contributed by atoms with E-state index in [1.165, 1.54) is 15.6 Å². The lowest BCUT2D eigenvalue weighted by atomic mass is 10.0. The Hall–Kier alpha value is -2.97. The van der Waals surface area contributed by atoms with Crippen LogP contribution in [0, 0.1) is 11.3 Å². The van der Waals surface area contributed by atoms with Crippen LogP contribution in [0.4, 0.5) is 0 Å². The zero-order chi connectivity index (χ0) is 14.9. The van der Waals surface area contributed by atoms with Gasteiger partial charge in [-0.2, -0.15) is 5.26 Å². The van der Waals surface area contributed by atoms with Crippen molar-refractivity contribution in [3.63, 3.8) is 0 Å². The van der Waals surface area contributed by atoms with Gasteiger partial charge in [0, 0.05) is 10.3 Å². The van der Waals surface area contributed by atoms with Crippen molar-refractivity contribution in [2.24, 2.45) is 0 Å². The highest BCUT2D eigenvalue weighted by Gasteiger charge is 2.09. The van der Waals surface area contributed by atoms with Crippen molar-refractivity contribution in [3.05, 3.63) is 59.6 Å². The second kappa shape index (κ2) is 5.10. The summed E-state index contributed by atoms with van der Waals surface area (Å²) in [7, 11) is 0. The average molecular weight is 302 g/mol. The minimum absolute atomic E-state index is 0.382. The third-order valence-electron chi connectivity index (χ3n) is 3.60. The minimum Gasteiger partial charge on any atom is -0.247 e. The van der Waals surface area contributed by atoms with Gasteiger partial charge < -0.3 is 0 Å². The van der Waals surface area contributed by atoms with E-state index in [2.05, 4.69) is 51.1 Å². The molecule has 2 aromatic carbocycles. The van der Waals surface area contributed by atoms with Gasteiger partial charge in [0.05, 0.1) is 0 Å². The summed E-state index contributed by atoms with van der Waals surface area (Å²) in [5.41, 5.74) is 4.16. The molecule has 104 valence electrons. The van der Waals surface area contributed by atoms with Gasteiger partial charge >= 0.3 is 0 Å². The van der Waals surface area contributed by atoms with E-state index in [9.17, 15) is 0 Å². The van der Waals surface area contributed by atoms with Crippen LogP contribution in [0.15, 0.2) is 53.9 Å². The maximum absolute atomic E-state index is 9.02. The van der Waals surface area contributed by atoms with Gasteiger partial charge in [-0.25, -0.2) is 5.10 Å². The molecule has 0 spiro atoms. The predicted octanol–water partition coefficient (Wildman–Crippen LogP) is 4.23. The number of nitrogens with zero attached hydrogens (tertiary/aromatic N) is 3. The quantitative estimate of drug-likeness (QED) is 0.602. The summed E-state index contributed by atoms with van der Waals surface area (Å²) in [6, 6.07) is 18.7. The maximum Gasteiger partial charge on any atom is 0.163 e. The van der Waals surface area contributed by atoms with E-state index in [0.717, 1.165) is 11.1 Å². The normalized spacial score (nSPS) is 10.7. The minimum atomic E-state index is 0.382. The first-order chi connectivity index (χ1) is 10.8. The Morgan fingerprint density at radius 2 is 1.73 bits per heavy atom. The van der Waals surface area contributed by atoms with Gasteiger partial charge in [-0.3, -0.25) is 0 Å². The fourth-order valence-electron chi connectivity index (χ4n) is 2.47. The number of thiophene rings is 1. The summed E-state index contributed by atoms with van der Waals surface area (Å²) in [4.78, 5) is 0. The molecule has 0 aliphatic rings. The summed E-state index contributed by atoms with van der Waals surface area (Å²) in [6.07, 6.45) is 0. The Morgan fingerprint density at radius 3 is 2.55 bits per heavy atom. The summed E-state index contributed by atoms with van der Waals surface area (Å²) < 4.78 is 1.29. The number of fused-ring (bicyclic) bond motifs is 1. The molecule has 5 heteroatoms. The van der Waals surface area contributed by atoms with Gasteiger partial charge in [0.15, 0.2) is 5.69 Å². The summed E-state index contributed by atoms with van der Waals surface area (Å²) >= 11 is 1.75. The fourth-order valence-corrected chi connectivity index (χ4v) is 3.25. The molecule has 0 atom stereocenters. The smallest absolute Gasteiger partial charge is 0.163 e. The fraction of sp³-hybridized carbons (Fsp3) is 0. The SMILES string of the molecule is N#Cc1[nH]nnc1-c1ccc(-c2ccc3sccc3c2)cc1. The van der Waals surface area contributed by atoms with Crippen LogP contribution in [0.2, 0.25) is 0 Å². The monoisotopic (exact) mass is 302 g/mol. The lowest BCUT2D eigenvalue weighted by molar-refractivity contribution is 0.937. The van der Waals surface area contributed by atoms with Crippen molar-refractivity contribution in [3.8, 4) is 28.5 Å². The van der Waals surface area contributed by atoms with Crippen LogP contribution in [0.5, 0.6) is 0 Å². The van der Waals surface area contributed by atoms with E-state index in [1.807, 2.05) is 24.3 Å². The molecule has 4 aromatic rings.